The number of nitrogens with one attached hydrogen (secondary N) is 1. The molecule has 32 heavy (non-hydrogen) atoms. The Bertz CT molecular complexity index is 1260. The van der Waals surface area contributed by atoms with Crippen LogP contribution in [0.15, 0.2) is 60.7 Å². The lowest BCUT2D eigenvalue weighted by molar-refractivity contribution is 0.461. The Balaban J connectivity index is 1.72. The first-order chi connectivity index (χ1) is 15.6. The van der Waals surface area contributed by atoms with Gasteiger partial charge in [-0.05, 0) is 36.4 Å². The van der Waals surface area contributed by atoms with Crippen LogP contribution < -0.4 is 15.0 Å². The highest BCUT2D eigenvalue weighted by Crippen LogP contribution is 2.42. The van der Waals surface area contributed by atoms with Crippen molar-refractivity contribution in [3.8, 4) is 28.5 Å². The average Bonchev–Trinajstić information content (AvgIpc) is 2.81. The van der Waals surface area contributed by atoms with Crippen molar-refractivity contribution in [2.45, 2.75) is 0 Å². The number of fused-ring (bicyclic) bond motifs is 1. The summed E-state index contributed by atoms with van der Waals surface area (Å²) in [4.78, 5) is 2.13. The minimum Gasteiger partial charge on any atom is -0.507 e. The van der Waals surface area contributed by atoms with Gasteiger partial charge in [-0.1, -0.05) is 35.9 Å². The van der Waals surface area contributed by atoms with Crippen molar-refractivity contribution in [1.29, 1.82) is 0 Å². The topological polar surface area (TPSA) is 70.5 Å². The highest BCUT2D eigenvalue weighted by atomic mass is 35.5. The Labute approximate surface area is 189 Å². The van der Waals surface area contributed by atoms with E-state index in [4.69, 9.17) is 16.3 Å². The van der Waals surface area contributed by atoms with Gasteiger partial charge in [0.25, 0.3) is 0 Å². The van der Waals surface area contributed by atoms with Crippen LogP contribution >= 0.6 is 11.6 Å². The van der Waals surface area contributed by atoms with Gasteiger partial charge in [-0.15, -0.1) is 10.2 Å². The molecule has 0 radical (unpaired) electrons. The van der Waals surface area contributed by atoms with Crippen molar-refractivity contribution in [3.05, 3.63) is 71.5 Å². The Hall–Kier alpha value is -3.42. The molecular weight excluding hydrogens is 431 g/mol. The quantitative estimate of drug-likeness (QED) is 0.456. The van der Waals surface area contributed by atoms with Crippen LogP contribution in [0.2, 0.25) is 5.02 Å². The van der Waals surface area contributed by atoms with Gasteiger partial charge in [-0.25, -0.2) is 4.39 Å². The number of piperazine rings is 1. The predicted molar refractivity (Wildman–Crippen MR) is 123 cm³/mol. The van der Waals surface area contributed by atoms with Gasteiger partial charge in [0.05, 0.1) is 10.9 Å². The van der Waals surface area contributed by atoms with Gasteiger partial charge in [0.1, 0.15) is 17.3 Å². The van der Waals surface area contributed by atoms with Crippen LogP contribution in [0, 0.1) is 5.82 Å². The van der Waals surface area contributed by atoms with Crippen molar-refractivity contribution >= 4 is 28.2 Å². The van der Waals surface area contributed by atoms with Crippen molar-refractivity contribution in [1.82, 2.24) is 15.5 Å². The number of nitrogens with zero attached hydrogens (tertiary/aromatic N) is 3. The largest absolute Gasteiger partial charge is 0.507 e. The number of aromatic nitrogens is 2. The molecule has 0 aliphatic carbocycles. The third-order valence-electron chi connectivity index (χ3n) is 5.45. The number of phenolic OH excluding ortho intramolecular Hbond substituents is 1. The second kappa shape index (κ2) is 8.61. The van der Waals surface area contributed by atoms with Gasteiger partial charge < -0.3 is 20.1 Å². The molecule has 1 saturated heterocycles. The van der Waals surface area contributed by atoms with E-state index >= 15 is 0 Å². The summed E-state index contributed by atoms with van der Waals surface area (Å²) in [6.07, 6.45) is 0. The highest BCUT2D eigenvalue weighted by Gasteiger charge is 2.22. The van der Waals surface area contributed by atoms with Gasteiger partial charge in [0.2, 0.25) is 5.88 Å². The Morgan fingerprint density at radius 1 is 0.969 bits per heavy atom. The molecule has 2 N–H and O–H groups in total. The molecule has 0 unspecified atom stereocenters. The van der Waals surface area contributed by atoms with E-state index in [1.165, 1.54) is 18.2 Å². The smallest absolute Gasteiger partial charge is 0.246 e. The molecule has 5 rings (SSSR count). The highest BCUT2D eigenvalue weighted by molar-refractivity contribution is 6.34. The third-order valence-corrected chi connectivity index (χ3v) is 5.76. The fourth-order valence-electron chi connectivity index (χ4n) is 3.89. The molecule has 0 spiro atoms. The van der Waals surface area contributed by atoms with E-state index in [1.54, 1.807) is 12.1 Å². The Morgan fingerprint density at radius 2 is 1.75 bits per heavy atom. The molecule has 4 aromatic rings. The summed E-state index contributed by atoms with van der Waals surface area (Å²) >= 11 is 6.61. The van der Waals surface area contributed by atoms with Crippen LogP contribution in [0.25, 0.3) is 21.9 Å². The normalized spacial score (nSPS) is 14.0. The molecule has 0 bridgehead atoms. The van der Waals surface area contributed by atoms with E-state index in [1.807, 2.05) is 30.3 Å². The minimum atomic E-state index is -0.568. The van der Waals surface area contributed by atoms with Gasteiger partial charge in [-0.3, -0.25) is 0 Å². The van der Waals surface area contributed by atoms with Crippen LogP contribution in [0.3, 0.4) is 0 Å². The van der Waals surface area contributed by atoms with Crippen LogP contribution in [-0.4, -0.2) is 41.5 Å². The fourth-order valence-corrected chi connectivity index (χ4v) is 4.15. The summed E-state index contributed by atoms with van der Waals surface area (Å²) in [6.45, 7) is 3.22. The van der Waals surface area contributed by atoms with Crippen LogP contribution in [-0.2, 0) is 0 Å². The van der Waals surface area contributed by atoms with Gasteiger partial charge in [0.15, 0.2) is 5.82 Å². The molecule has 3 aromatic carbocycles. The first-order valence-electron chi connectivity index (χ1n) is 10.3. The lowest BCUT2D eigenvalue weighted by Gasteiger charge is -2.29. The molecule has 2 heterocycles. The zero-order valence-electron chi connectivity index (χ0n) is 17.1. The molecule has 162 valence electrons. The monoisotopic (exact) mass is 450 g/mol. The van der Waals surface area contributed by atoms with Crippen molar-refractivity contribution in [2.75, 3.05) is 31.1 Å². The van der Waals surface area contributed by atoms with E-state index in [9.17, 15) is 9.50 Å². The van der Waals surface area contributed by atoms with Crippen LogP contribution in [0.1, 0.15) is 0 Å². The maximum absolute atomic E-state index is 14.6. The first-order valence-corrected chi connectivity index (χ1v) is 10.7. The summed E-state index contributed by atoms with van der Waals surface area (Å²) in [5, 5.41) is 24.1. The second-order valence-corrected chi connectivity index (χ2v) is 7.90. The van der Waals surface area contributed by atoms with Crippen molar-refractivity contribution in [2.24, 2.45) is 0 Å². The minimum absolute atomic E-state index is 0.0330. The van der Waals surface area contributed by atoms with E-state index in [0.29, 0.717) is 27.5 Å². The van der Waals surface area contributed by atoms with E-state index in [0.717, 1.165) is 31.6 Å². The molecule has 0 saturated carbocycles. The first kappa shape index (κ1) is 20.5. The molecule has 1 fully saturated rings. The number of rotatable bonds is 4. The summed E-state index contributed by atoms with van der Waals surface area (Å²) in [7, 11) is 0. The van der Waals surface area contributed by atoms with Gasteiger partial charge in [-0.2, -0.15) is 0 Å². The summed E-state index contributed by atoms with van der Waals surface area (Å²) in [5.41, 5.74) is 0.387. The summed E-state index contributed by atoms with van der Waals surface area (Å²) in [6, 6.07) is 16.8. The van der Waals surface area contributed by atoms with Gasteiger partial charge >= 0.3 is 0 Å². The number of hydrogen-bond acceptors (Lipinski definition) is 6. The Kier molecular flexibility index (Phi) is 5.51. The fraction of sp³-hybridized carbons (Fsp3) is 0.167. The number of anilines is 1. The zero-order valence-corrected chi connectivity index (χ0v) is 17.8. The van der Waals surface area contributed by atoms with Crippen LogP contribution in [0.4, 0.5) is 10.2 Å². The Morgan fingerprint density at radius 3 is 2.50 bits per heavy atom. The number of benzene rings is 3. The van der Waals surface area contributed by atoms with Crippen LogP contribution in [0.5, 0.6) is 17.4 Å². The molecule has 1 aliphatic heterocycles. The molecule has 1 aromatic heterocycles. The van der Waals surface area contributed by atoms with E-state index in [2.05, 4.69) is 20.4 Å². The van der Waals surface area contributed by atoms with Crippen molar-refractivity contribution in [3.63, 3.8) is 0 Å². The second-order valence-electron chi connectivity index (χ2n) is 7.49. The molecule has 8 heteroatoms. The summed E-state index contributed by atoms with van der Waals surface area (Å²) in [5.74, 6) is 0.803. The number of ether oxygens (including phenoxy) is 1. The van der Waals surface area contributed by atoms with E-state index < -0.39 is 5.82 Å². The lowest BCUT2D eigenvalue weighted by Crippen LogP contribution is -2.44. The number of phenols is 1. The maximum atomic E-state index is 14.6. The van der Waals surface area contributed by atoms with Gasteiger partial charge in [0, 0.05) is 42.2 Å². The zero-order chi connectivity index (χ0) is 22.1. The molecule has 0 atom stereocenters. The molecular formula is C24H20ClFN4O2. The van der Waals surface area contributed by atoms with E-state index in [-0.39, 0.29) is 17.2 Å². The molecule has 1 aliphatic rings. The van der Waals surface area contributed by atoms with Crippen molar-refractivity contribution < 1.29 is 14.2 Å². The predicted octanol–water partition coefficient (Wildman–Crippen LogP) is 5.00. The average molecular weight is 451 g/mol. The SMILES string of the molecule is Oc1cccc(F)c1-c1cc2c(Oc3ccccc3)nnc(N3CCNCC3)c2cc1Cl. The molecule has 6 nitrogen and oxygen atoms in total. The standard InChI is InChI=1S/C24H20ClFN4O2/c25-19-14-16-17(13-18(19)22-20(26)7-4-8-21(22)31)24(32-15-5-2-1-3-6-15)29-28-23(16)30-11-9-27-10-12-30/h1-8,13-14,27,31H,9-12H2. The molecule has 0 amide bonds. The number of para-hydroxylation sites is 1. The summed E-state index contributed by atoms with van der Waals surface area (Å²) < 4.78 is 20.7. The maximum Gasteiger partial charge on any atom is 0.246 e. The lowest BCUT2D eigenvalue weighted by atomic mass is 10.00. The third kappa shape index (κ3) is 3.81. The number of halogens is 2. The number of hydrogen-bond donors (Lipinski definition) is 2. The number of aromatic hydroxyl groups is 1.